The molecule has 3 aliphatic rings. The van der Waals surface area contributed by atoms with Gasteiger partial charge in [-0.1, -0.05) is 23.2 Å². The fraction of sp³-hybridized carbons (Fsp3) is 0.469. The largest absolute Gasteiger partial charge is 0.465 e. The van der Waals surface area contributed by atoms with Gasteiger partial charge in [-0.25, -0.2) is 14.8 Å². The molecular weight excluding hydrogens is 603 g/mol. The van der Waals surface area contributed by atoms with Gasteiger partial charge in [0.05, 0.1) is 17.5 Å². The van der Waals surface area contributed by atoms with E-state index in [4.69, 9.17) is 38.0 Å². The Hall–Kier alpha value is -3.15. The second kappa shape index (κ2) is 13.5. The number of anilines is 1. The highest BCUT2D eigenvalue weighted by molar-refractivity contribution is 6.35. The predicted molar refractivity (Wildman–Crippen MR) is 171 cm³/mol. The molecule has 2 saturated heterocycles. The van der Waals surface area contributed by atoms with Crippen LogP contribution in [0.2, 0.25) is 10.0 Å². The Morgan fingerprint density at radius 3 is 2.34 bits per heavy atom. The van der Waals surface area contributed by atoms with Gasteiger partial charge in [0.2, 0.25) is 5.88 Å². The molecule has 44 heavy (non-hydrogen) atoms. The van der Waals surface area contributed by atoms with E-state index in [0.29, 0.717) is 46.4 Å². The Morgan fingerprint density at radius 1 is 0.977 bits per heavy atom. The summed E-state index contributed by atoms with van der Waals surface area (Å²) < 4.78 is 6.25. The molecule has 4 heterocycles. The molecule has 3 fully saturated rings. The molecule has 3 aromatic rings. The quantitative estimate of drug-likeness (QED) is 0.269. The zero-order chi connectivity index (χ0) is 30.7. The van der Waals surface area contributed by atoms with Crippen LogP contribution in [0.25, 0.3) is 11.3 Å². The summed E-state index contributed by atoms with van der Waals surface area (Å²) in [6.07, 6.45) is 4.44. The molecule has 0 unspecified atom stereocenters. The van der Waals surface area contributed by atoms with E-state index < -0.39 is 11.7 Å². The Morgan fingerprint density at radius 2 is 1.70 bits per heavy atom. The molecule has 3 N–H and O–H groups in total. The average molecular weight is 642 g/mol. The zero-order valence-electron chi connectivity index (χ0n) is 24.6. The van der Waals surface area contributed by atoms with Crippen molar-refractivity contribution in [1.29, 1.82) is 0 Å². The Bertz CT molecular complexity index is 1440. The molecule has 0 spiro atoms. The number of carbonyl (C=O) groups is 1. The molecule has 1 aliphatic carbocycles. The van der Waals surface area contributed by atoms with E-state index in [0.717, 1.165) is 88.4 Å². The van der Waals surface area contributed by atoms with Gasteiger partial charge in [0.25, 0.3) is 0 Å². The highest BCUT2D eigenvalue weighted by Gasteiger charge is 2.42. The molecule has 2 aromatic heterocycles. The third-order valence-corrected chi connectivity index (χ3v) is 9.10. The number of nitrogens with one attached hydrogen (secondary N) is 1. The van der Waals surface area contributed by atoms with E-state index in [9.17, 15) is 9.90 Å². The second-order valence-corrected chi connectivity index (χ2v) is 13.1. The summed E-state index contributed by atoms with van der Waals surface area (Å²) in [6.45, 7) is 7.27. The number of amides is 1. The number of ether oxygens (including phenoxy) is 1. The lowest BCUT2D eigenvalue weighted by Gasteiger charge is -2.36. The van der Waals surface area contributed by atoms with E-state index in [-0.39, 0.29) is 0 Å². The number of piperidine rings is 1. The summed E-state index contributed by atoms with van der Waals surface area (Å²) in [7, 11) is 0. The summed E-state index contributed by atoms with van der Waals surface area (Å²) in [5, 5.41) is 22.7. The van der Waals surface area contributed by atoms with Gasteiger partial charge >= 0.3 is 6.09 Å². The van der Waals surface area contributed by atoms with Crippen molar-refractivity contribution in [3.8, 4) is 22.9 Å². The van der Waals surface area contributed by atoms with Gasteiger partial charge in [-0.3, -0.25) is 9.80 Å². The number of rotatable bonds is 10. The van der Waals surface area contributed by atoms with Crippen molar-refractivity contribution in [2.45, 2.75) is 37.8 Å². The van der Waals surface area contributed by atoms with Gasteiger partial charge in [0.15, 0.2) is 0 Å². The second-order valence-electron chi connectivity index (χ2n) is 12.2. The van der Waals surface area contributed by atoms with E-state index in [1.54, 1.807) is 12.3 Å². The Balaban J connectivity index is 1.13. The van der Waals surface area contributed by atoms with E-state index in [2.05, 4.69) is 25.0 Å². The van der Waals surface area contributed by atoms with Crippen LogP contribution in [0, 0.1) is 5.92 Å². The normalized spacial score (nSPS) is 19.1. The number of nitrogens with zero attached hydrogens (tertiary/aromatic N) is 5. The first-order valence-corrected chi connectivity index (χ1v) is 16.0. The van der Waals surface area contributed by atoms with Crippen molar-refractivity contribution < 1.29 is 19.7 Å². The number of likely N-dealkylation sites (tertiary alicyclic amines) is 1. The van der Waals surface area contributed by atoms with E-state index in [1.165, 1.54) is 0 Å². The van der Waals surface area contributed by atoms with Gasteiger partial charge in [-0.2, -0.15) is 0 Å². The van der Waals surface area contributed by atoms with Crippen molar-refractivity contribution in [2.24, 2.45) is 5.92 Å². The number of β-amino-alcohol motifs (C(OH)–C–C–N with tert-alkyl or cyclic N) is 1. The predicted octanol–water partition coefficient (Wildman–Crippen LogP) is 5.37. The molecule has 1 amide bonds. The summed E-state index contributed by atoms with van der Waals surface area (Å²) >= 11 is 12.6. The minimum atomic E-state index is -0.974. The number of aromatic nitrogens is 2. The molecule has 10 nitrogen and oxygen atoms in total. The first-order chi connectivity index (χ1) is 21.2. The third-order valence-electron chi connectivity index (χ3n) is 8.66. The number of hydrogen-bond acceptors (Lipinski definition) is 8. The van der Waals surface area contributed by atoms with Crippen LogP contribution >= 0.6 is 23.2 Å². The smallest absolute Gasteiger partial charge is 0.404 e. The standard InChI is InChI=1S/C32H38Cl2N6O4/c33-25-15-24(16-26(34)17-25)28-13-23(20-38-7-3-22(4-8-38)18-36-31(41)42)14-30(37-28)44-27-1-2-29(35-19-27)40-11-9-39(10-12-40)21-32(43)5-6-32/h1-2,13-17,19,22,36,43H,3-12,18,20-21H2,(H,41,42). The summed E-state index contributed by atoms with van der Waals surface area (Å²) in [5.41, 5.74) is 2.10. The first-order valence-electron chi connectivity index (χ1n) is 15.2. The number of hydrogen-bond donors (Lipinski definition) is 3. The maximum Gasteiger partial charge on any atom is 0.404 e. The van der Waals surface area contributed by atoms with Gasteiger partial charge in [0.1, 0.15) is 11.6 Å². The van der Waals surface area contributed by atoms with Crippen molar-refractivity contribution in [2.75, 3.05) is 57.3 Å². The van der Waals surface area contributed by atoms with Crippen molar-refractivity contribution >= 4 is 35.1 Å². The number of pyridine rings is 2. The van der Waals surface area contributed by atoms with Crippen LogP contribution in [0.5, 0.6) is 11.6 Å². The molecule has 0 bridgehead atoms. The molecule has 234 valence electrons. The molecule has 12 heteroatoms. The van der Waals surface area contributed by atoms with Gasteiger partial charge in [0, 0.05) is 67.5 Å². The van der Waals surface area contributed by atoms with Crippen molar-refractivity contribution in [3.05, 3.63) is 64.3 Å². The Labute approximate surface area is 267 Å². The van der Waals surface area contributed by atoms with E-state index >= 15 is 0 Å². The summed E-state index contributed by atoms with van der Waals surface area (Å²) in [5.74, 6) is 2.29. The SMILES string of the molecule is O=C(O)NCC1CCN(Cc2cc(Oc3ccc(N4CCN(CC5(O)CC5)CC4)nc3)nc(-c3cc(Cl)cc(Cl)c3)c2)CC1. The minimum Gasteiger partial charge on any atom is -0.465 e. The minimum absolute atomic E-state index is 0.345. The zero-order valence-corrected chi connectivity index (χ0v) is 26.1. The monoisotopic (exact) mass is 640 g/mol. The average Bonchev–Trinajstić information content (AvgIpc) is 3.73. The lowest BCUT2D eigenvalue weighted by atomic mass is 9.96. The van der Waals surface area contributed by atoms with Crippen LogP contribution < -0.4 is 15.0 Å². The van der Waals surface area contributed by atoms with Crippen molar-refractivity contribution in [3.63, 3.8) is 0 Å². The summed E-state index contributed by atoms with van der Waals surface area (Å²) in [4.78, 5) is 27.3. The lowest BCUT2D eigenvalue weighted by Crippen LogP contribution is -2.49. The maximum absolute atomic E-state index is 10.9. The molecule has 2 aliphatic heterocycles. The Kier molecular flexibility index (Phi) is 9.44. The maximum atomic E-state index is 10.9. The van der Waals surface area contributed by atoms with Crippen LogP contribution in [-0.2, 0) is 6.54 Å². The fourth-order valence-electron chi connectivity index (χ4n) is 5.99. The van der Waals surface area contributed by atoms with Crippen LogP contribution in [0.3, 0.4) is 0 Å². The fourth-order valence-corrected chi connectivity index (χ4v) is 6.51. The molecule has 6 rings (SSSR count). The third kappa shape index (κ3) is 8.31. The first kappa shape index (κ1) is 30.9. The molecular formula is C32H38Cl2N6O4. The van der Waals surface area contributed by atoms with Gasteiger partial charge in [-0.15, -0.1) is 0 Å². The topological polar surface area (TPSA) is 114 Å². The number of carboxylic acid groups (broad SMARTS) is 1. The van der Waals surface area contributed by atoms with Crippen LogP contribution in [0.4, 0.5) is 10.6 Å². The van der Waals surface area contributed by atoms with E-state index in [1.807, 2.05) is 36.4 Å². The number of benzene rings is 1. The molecule has 1 aromatic carbocycles. The highest BCUT2D eigenvalue weighted by atomic mass is 35.5. The number of piperazine rings is 1. The van der Waals surface area contributed by atoms with Crippen molar-refractivity contribution in [1.82, 2.24) is 25.1 Å². The number of halogens is 2. The van der Waals surface area contributed by atoms with Crippen LogP contribution in [0.1, 0.15) is 31.2 Å². The highest BCUT2D eigenvalue weighted by Crippen LogP contribution is 2.36. The molecule has 0 atom stereocenters. The summed E-state index contributed by atoms with van der Waals surface area (Å²) in [6, 6.07) is 13.3. The van der Waals surface area contributed by atoms with Gasteiger partial charge < -0.3 is 25.2 Å². The lowest BCUT2D eigenvalue weighted by molar-refractivity contribution is 0.0888. The van der Waals surface area contributed by atoms with Gasteiger partial charge in [-0.05, 0) is 86.7 Å². The van der Waals surface area contributed by atoms with Crippen LogP contribution in [-0.4, -0.2) is 94.0 Å². The number of aliphatic hydroxyl groups is 1. The molecule has 1 saturated carbocycles. The molecule has 0 radical (unpaired) electrons. The van der Waals surface area contributed by atoms with Crippen LogP contribution in [0.15, 0.2) is 48.7 Å².